The Labute approximate surface area is 191 Å². The Morgan fingerprint density at radius 3 is 2.76 bits per heavy atom. The summed E-state index contributed by atoms with van der Waals surface area (Å²) in [6.45, 7) is -0.716. The minimum Gasteiger partial charge on any atom is -0.398 e. The van der Waals surface area contributed by atoms with Crippen LogP contribution in [0.1, 0.15) is 16.6 Å². The van der Waals surface area contributed by atoms with Gasteiger partial charge in [-0.2, -0.15) is 8.42 Å². The number of anilines is 2. The quantitative estimate of drug-likeness (QED) is 0.257. The number of amides is 1. The third-order valence-corrected chi connectivity index (χ3v) is 5.98. The molecule has 4 atom stereocenters. The first-order chi connectivity index (χ1) is 15.6. The van der Waals surface area contributed by atoms with Gasteiger partial charge in [0.1, 0.15) is 30.2 Å². The summed E-state index contributed by atoms with van der Waals surface area (Å²) in [6, 6.07) is 3.97. The molecule has 0 unspecified atom stereocenters. The topological polar surface area (TPSA) is 218 Å². The largest absolute Gasteiger partial charge is 0.398 e. The Kier molecular flexibility index (Phi) is 6.08. The van der Waals surface area contributed by atoms with Crippen molar-refractivity contribution in [1.82, 2.24) is 24.2 Å². The van der Waals surface area contributed by atoms with E-state index in [-0.39, 0.29) is 33.3 Å². The van der Waals surface area contributed by atoms with E-state index in [0.717, 1.165) is 0 Å². The molecule has 14 nitrogen and oxygen atoms in total. The van der Waals surface area contributed by atoms with Gasteiger partial charge in [0.2, 0.25) is 0 Å². The number of aromatic nitrogens is 4. The predicted octanol–water partition coefficient (Wildman–Crippen LogP) is -1.05. The number of nitrogens with two attached hydrogens (primary N) is 2. The molecule has 1 saturated heterocycles. The van der Waals surface area contributed by atoms with Crippen molar-refractivity contribution in [3.63, 3.8) is 0 Å². The number of rotatable bonds is 6. The number of ether oxygens (including phenoxy) is 1. The van der Waals surface area contributed by atoms with Crippen LogP contribution < -0.4 is 16.2 Å². The number of nitrogens with zero attached hydrogens (tertiary/aromatic N) is 4. The number of halogens is 1. The van der Waals surface area contributed by atoms with Crippen molar-refractivity contribution in [3.05, 3.63) is 41.4 Å². The lowest BCUT2D eigenvalue weighted by Gasteiger charge is -2.16. The molecule has 176 valence electrons. The van der Waals surface area contributed by atoms with Crippen molar-refractivity contribution in [3.8, 4) is 0 Å². The molecule has 0 bridgehead atoms. The summed E-state index contributed by atoms with van der Waals surface area (Å²) >= 11 is 5.80. The Morgan fingerprint density at radius 2 is 2.00 bits per heavy atom. The van der Waals surface area contributed by atoms with Gasteiger partial charge in [0.05, 0.1) is 18.5 Å². The van der Waals surface area contributed by atoms with Crippen LogP contribution >= 0.6 is 11.6 Å². The average molecular weight is 500 g/mol. The third-order valence-electron chi connectivity index (χ3n) is 4.86. The molecule has 0 radical (unpaired) electrons. The number of aliphatic hydroxyl groups is 2. The highest BCUT2D eigenvalue weighted by atomic mass is 35.5. The Bertz CT molecular complexity index is 1320. The number of carbonyl (C=O) groups excluding carboxylic acids is 1. The number of aliphatic hydroxyl groups excluding tert-OH is 2. The van der Waals surface area contributed by atoms with Gasteiger partial charge < -0.3 is 26.4 Å². The second kappa shape index (κ2) is 8.69. The van der Waals surface area contributed by atoms with E-state index in [9.17, 15) is 23.4 Å². The van der Waals surface area contributed by atoms with Crippen molar-refractivity contribution in [2.45, 2.75) is 24.5 Å². The molecule has 0 spiro atoms. The van der Waals surface area contributed by atoms with Crippen LogP contribution in [0.25, 0.3) is 11.2 Å². The minimum absolute atomic E-state index is 0.00428. The highest BCUT2D eigenvalue weighted by molar-refractivity contribution is 7.85. The van der Waals surface area contributed by atoms with Gasteiger partial charge in [-0.05, 0) is 18.2 Å². The maximum Gasteiger partial charge on any atom is 0.362 e. The summed E-state index contributed by atoms with van der Waals surface area (Å²) in [5, 5.41) is 20.9. The number of hydrogen-bond acceptors (Lipinski definition) is 12. The number of nitrogen functional groups attached to an aromatic ring is 2. The smallest absolute Gasteiger partial charge is 0.362 e. The van der Waals surface area contributed by atoms with E-state index >= 15 is 0 Å². The molecule has 3 aromatic rings. The maximum atomic E-state index is 12.2. The number of carbonyl (C=O) groups is 1. The van der Waals surface area contributed by atoms with Crippen molar-refractivity contribution in [1.29, 1.82) is 0 Å². The van der Waals surface area contributed by atoms with Gasteiger partial charge in [-0.15, -0.1) is 0 Å². The van der Waals surface area contributed by atoms with E-state index in [4.69, 9.17) is 32.0 Å². The van der Waals surface area contributed by atoms with Crippen molar-refractivity contribution in [2.24, 2.45) is 0 Å². The van der Waals surface area contributed by atoms with E-state index in [1.165, 1.54) is 35.4 Å². The summed E-state index contributed by atoms with van der Waals surface area (Å²) < 4.78 is 37.8. The number of hydrogen-bond donors (Lipinski definition) is 5. The van der Waals surface area contributed by atoms with Gasteiger partial charge in [-0.25, -0.2) is 19.7 Å². The summed E-state index contributed by atoms with van der Waals surface area (Å²) in [4.78, 5) is 24.1. The number of benzene rings is 1. The van der Waals surface area contributed by atoms with Gasteiger partial charge in [0, 0.05) is 10.7 Å². The van der Waals surface area contributed by atoms with Crippen LogP contribution in [0.3, 0.4) is 0 Å². The minimum atomic E-state index is -4.63. The molecule has 2 aromatic heterocycles. The van der Waals surface area contributed by atoms with E-state index in [0.29, 0.717) is 0 Å². The standard InChI is InChI=1S/C17H18ClN7O7S/c18-7-1-2-9(19)8(3-7)16(28)24-33(29,30)31-4-10-12(26)13(27)17(32-10)25-6-23-11-14(20)21-5-22-15(11)25/h1-3,5-6,10,12-13,17,26-27H,4,19H2,(H,24,28)(H2,20,21,22)/t10-,12-,13-,17-/m1/s1. The lowest BCUT2D eigenvalue weighted by molar-refractivity contribution is -0.0468. The molecule has 1 aromatic carbocycles. The summed E-state index contributed by atoms with van der Waals surface area (Å²) in [5.41, 5.74) is 11.7. The molecule has 3 heterocycles. The monoisotopic (exact) mass is 499 g/mol. The molecule has 0 saturated carbocycles. The lowest BCUT2D eigenvalue weighted by Crippen LogP contribution is -2.38. The number of imidazole rings is 1. The van der Waals surface area contributed by atoms with Crippen molar-refractivity contribution in [2.75, 3.05) is 18.1 Å². The predicted molar refractivity (Wildman–Crippen MR) is 114 cm³/mol. The second-order valence-corrected chi connectivity index (χ2v) is 8.82. The first-order valence-corrected chi connectivity index (χ1v) is 11.1. The molecule has 1 fully saturated rings. The van der Waals surface area contributed by atoms with Crippen molar-refractivity contribution >= 4 is 50.5 Å². The highest BCUT2D eigenvalue weighted by Crippen LogP contribution is 2.32. The van der Waals surface area contributed by atoms with Crippen LogP contribution in [0.2, 0.25) is 5.02 Å². The van der Waals surface area contributed by atoms with Crippen molar-refractivity contribution < 1.29 is 32.3 Å². The molecule has 0 aliphatic carbocycles. The molecule has 1 amide bonds. The lowest BCUT2D eigenvalue weighted by atomic mass is 10.1. The molecule has 1 aliphatic rings. The van der Waals surface area contributed by atoms with Gasteiger partial charge >= 0.3 is 10.3 Å². The normalized spacial score (nSPS) is 23.1. The molecule has 33 heavy (non-hydrogen) atoms. The van der Waals surface area contributed by atoms with Crippen LogP contribution in [-0.2, 0) is 19.2 Å². The Morgan fingerprint density at radius 1 is 1.24 bits per heavy atom. The molecule has 1 aliphatic heterocycles. The fraction of sp³-hybridized carbons (Fsp3) is 0.294. The van der Waals surface area contributed by atoms with E-state index in [1.54, 1.807) is 4.72 Å². The molecular formula is C17H18ClN7O7S. The van der Waals surface area contributed by atoms with E-state index in [1.807, 2.05) is 0 Å². The molecule has 16 heteroatoms. The highest BCUT2D eigenvalue weighted by Gasteiger charge is 2.45. The molecule has 7 N–H and O–H groups in total. The Balaban J connectivity index is 1.44. The fourth-order valence-corrected chi connectivity index (χ4v) is 4.11. The van der Waals surface area contributed by atoms with Crippen LogP contribution in [0.4, 0.5) is 11.5 Å². The molecular weight excluding hydrogens is 482 g/mol. The number of fused-ring (bicyclic) bond motifs is 1. The van der Waals surface area contributed by atoms with E-state index < -0.39 is 47.4 Å². The number of nitrogens with one attached hydrogen (secondary N) is 1. The van der Waals surface area contributed by atoms with Gasteiger partial charge in [0.25, 0.3) is 5.91 Å². The zero-order valence-corrected chi connectivity index (χ0v) is 18.1. The van der Waals surface area contributed by atoms with Gasteiger partial charge in [0.15, 0.2) is 17.7 Å². The molecule has 4 rings (SSSR count). The second-order valence-electron chi connectivity index (χ2n) is 7.03. The van der Waals surface area contributed by atoms with Crippen LogP contribution in [0.15, 0.2) is 30.9 Å². The maximum absolute atomic E-state index is 12.2. The van der Waals surface area contributed by atoms with Crippen LogP contribution in [-0.4, -0.2) is 69.0 Å². The summed E-state index contributed by atoms with van der Waals surface area (Å²) in [6.07, 6.45) is -2.97. The van der Waals surface area contributed by atoms with E-state index in [2.05, 4.69) is 15.0 Å². The van der Waals surface area contributed by atoms with Crippen LogP contribution in [0.5, 0.6) is 0 Å². The Hall–Kier alpha value is -3.08. The SMILES string of the molecule is Nc1ccc(Cl)cc1C(=O)NS(=O)(=O)OC[C@H]1O[C@@H](n2cnc3c(N)ncnc32)[C@H](O)[C@@H]1O. The average Bonchev–Trinajstić information content (AvgIpc) is 3.30. The summed E-state index contributed by atoms with van der Waals surface area (Å²) in [7, 11) is -4.63. The van der Waals surface area contributed by atoms with Crippen LogP contribution in [0, 0.1) is 0 Å². The zero-order valence-electron chi connectivity index (χ0n) is 16.6. The fourth-order valence-electron chi connectivity index (χ4n) is 3.23. The van der Waals surface area contributed by atoms with Gasteiger partial charge in [-0.3, -0.25) is 13.5 Å². The first kappa shape index (κ1) is 23.1. The zero-order chi connectivity index (χ0) is 23.9. The third kappa shape index (κ3) is 4.54. The summed E-state index contributed by atoms with van der Waals surface area (Å²) in [5.74, 6) is -0.961. The van der Waals surface area contributed by atoms with Gasteiger partial charge in [-0.1, -0.05) is 11.6 Å². The first-order valence-electron chi connectivity index (χ1n) is 9.28.